The molecule has 1 aromatic carbocycles. The molecule has 0 N–H and O–H groups in total. The predicted molar refractivity (Wildman–Crippen MR) is 81.7 cm³/mol. The van der Waals surface area contributed by atoms with Crippen LogP contribution in [0.3, 0.4) is 0 Å². The molecule has 0 saturated carbocycles. The molecule has 0 unspecified atom stereocenters. The van der Waals surface area contributed by atoms with Crippen molar-refractivity contribution in [1.82, 2.24) is 4.90 Å². The average molecular weight is 344 g/mol. The third kappa shape index (κ3) is 3.04. The molecule has 1 saturated heterocycles. The van der Waals surface area contributed by atoms with Gasteiger partial charge in [-0.05, 0) is 28.5 Å². The number of nitro groups is 1. The second-order valence-corrected chi connectivity index (χ2v) is 5.51. The summed E-state index contributed by atoms with van der Waals surface area (Å²) in [4.78, 5) is 15.3. The van der Waals surface area contributed by atoms with Gasteiger partial charge in [0, 0.05) is 26.2 Å². The van der Waals surface area contributed by atoms with E-state index in [0.29, 0.717) is 15.9 Å². The Kier molecular flexibility index (Phi) is 4.82. The monoisotopic (exact) mass is 343 g/mol. The van der Waals surface area contributed by atoms with Crippen molar-refractivity contribution in [3.63, 3.8) is 0 Å². The van der Waals surface area contributed by atoms with Crippen LogP contribution in [0, 0.1) is 10.1 Å². The molecule has 1 aliphatic heterocycles. The third-order valence-corrected chi connectivity index (χ3v) is 4.19. The van der Waals surface area contributed by atoms with E-state index in [1.165, 1.54) is 13.2 Å². The number of hydrogen-bond acceptors (Lipinski definition) is 5. The molecule has 1 aliphatic rings. The van der Waals surface area contributed by atoms with Crippen LogP contribution in [-0.2, 0) is 0 Å². The molecular formula is C13H18BrN3O3. The zero-order valence-electron chi connectivity index (χ0n) is 11.6. The van der Waals surface area contributed by atoms with Crippen LogP contribution in [0.4, 0.5) is 11.4 Å². The fraction of sp³-hybridized carbons (Fsp3) is 0.538. The first-order valence-corrected chi connectivity index (χ1v) is 7.35. The van der Waals surface area contributed by atoms with Crippen molar-refractivity contribution >= 4 is 27.3 Å². The van der Waals surface area contributed by atoms with E-state index in [9.17, 15) is 10.1 Å². The van der Waals surface area contributed by atoms with Gasteiger partial charge >= 0.3 is 0 Å². The van der Waals surface area contributed by atoms with Gasteiger partial charge in [0.2, 0.25) is 0 Å². The van der Waals surface area contributed by atoms with Gasteiger partial charge in [0.05, 0.1) is 22.6 Å². The molecule has 1 heterocycles. The molecule has 0 atom stereocenters. The smallest absolute Gasteiger partial charge is 0.297 e. The van der Waals surface area contributed by atoms with E-state index in [1.807, 2.05) is 0 Å². The van der Waals surface area contributed by atoms with Gasteiger partial charge in [0.15, 0.2) is 0 Å². The summed E-state index contributed by atoms with van der Waals surface area (Å²) in [5.41, 5.74) is 0.729. The lowest BCUT2D eigenvalue weighted by atomic mass is 10.2. The lowest BCUT2D eigenvalue weighted by Crippen LogP contribution is -2.46. The number of nitrogens with zero attached hydrogens (tertiary/aromatic N) is 3. The summed E-state index contributed by atoms with van der Waals surface area (Å²) < 4.78 is 5.80. The fourth-order valence-corrected chi connectivity index (χ4v) is 3.10. The van der Waals surface area contributed by atoms with Crippen molar-refractivity contribution in [2.75, 3.05) is 44.7 Å². The normalized spacial score (nSPS) is 16.2. The van der Waals surface area contributed by atoms with Crippen LogP contribution in [0.5, 0.6) is 5.75 Å². The van der Waals surface area contributed by atoms with Crippen LogP contribution in [-0.4, -0.2) is 49.7 Å². The Morgan fingerprint density at radius 1 is 1.35 bits per heavy atom. The van der Waals surface area contributed by atoms with E-state index in [1.54, 1.807) is 6.07 Å². The highest BCUT2D eigenvalue weighted by Gasteiger charge is 2.26. The van der Waals surface area contributed by atoms with Crippen molar-refractivity contribution in [1.29, 1.82) is 0 Å². The summed E-state index contributed by atoms with van der Waals surface area (Å²) in [6.07, 6.45) is 0. The summed E-state index contributed by atoms with van der Waals surface area (Å²) in [7, 11) is 1.51. The largest absolute Gasteiger partial charge is 0.496 e. The van der Waals surface area contributed by atoms with E-state index < -0.39 is 0 Å². The maximum absolute atomic E-state index is 11.3. The first kappa shape index (κ1) is 15.1. The first-order chi connectivity index (χ1) is 9.56. The summed E-state index contributed by atoms with van der Waals surface area (Å²) in [6.45, 7) is 6.57. The number of ether oxygens (including phenoxy) is 1. The molecule has 6 nitrogen and oxygen atoms in total. The van der Waals surface area contributed by atoms with Crippen molar-refractivity contribution in [2.45, 2.75) is 6.92 Å². The highest BCUT2D eigenvalue weighted by atomic mass is 79.9. The molecule has 7 heteroatoms. The SMILES string of the molecule is CCN1CCN(c2c(Br)cc(OC)cc2[N+](=O)[O-])CC1. The molecule has 1 aromatic rings. The number of hydrogen-bond donors (Lipinski definition) is 0. The number of nitro benzene ring substituents is 1. The van der Waals surface area contributed by atoms with E-state index in [4.69, 9.17) is 4.74 Å². The van der Waals surface area contributed by atoms with Gasteiger partial charge in [-0.15, -0.1) is 0 Å². The van der Waals surface area contributed by atoms with Gasteiger partial charge < -0.3 is 14.5 Å². The summed E-state index contributed by atoms with van der Waals surface area (Å²) in [5, 5.41) is 11.3. The maximum atomic E-state index is 11.3. The zero-order chi connectivity index (χ0) is 14.7. The molecule has 1 fully saturated rings. The van der Waals surface area contributed by atoms with Crippen molar-refractivity contribution in [3.05, 3.63) is 26.7 Å². The van der Waals surface area contributed by atoms with Crippen LogP contribution in [0.15, 0.2) is 16.6 Å². The van der Waals surface area contributed by atoms with Crippen LogP contribution in [0.2, 0.25) is 0 Å². The summed E-state index contributed by atoms with van der Waals surface area (Å²) >= 11 is 3.44. The Bertz CT molecular complexity index is 502. The highest BCUT2D eigenvalue weighted by molar-refractivity contribution is 9.10. The fourth-order valence-electron chi connectivity index (χ4n) is 2.42. The van der Waals surface area contributed by atoms with E-state index >= 15 is 0 Å². The molecule has 2 rings (SSSR count). The highest BCUT2D eigenvalue weighted by Crippen LogP contribution is 2.39. The number of likely N-dealkylation sites (N-methyl/N-ethyl adjacent to an activating group) is 1. The number of methoxy groups -OCH3 is 1. The Morgan fingerprint density at radius 3 is 2.50 bits per heavy atom. The maximum Gasteiger partial charge on any atom is 0.297 e. The lowest BCUT2D eigenvalue weighted by Gasteiger charge is -2.35. The minimum Gasteiger partial charge on any atom is -0.496 e. The Labute approximate surface area is 126 Å². The zero-order valence-corrected chi connectivity index (χ0v) is 13.2. The summed E-state index contributed by atoms with van der Waals surface area (Å²) in [5.74, 6) is 0.486. The Hall–Kier alpha value is -1.34. The number of piperazine rings is 1. The molecular weight excluding hydrogens is 326 g/mol. The van der Waals surface area contributed by atoms with Gasteiger partial charge in [-0.3, -0.25) is 10.1 Å². The standard InChI is InChI=1S/C13H18BrN3O3/c1-3-15-4-6-16(7-5-15)13-11(14)8-10(20-2)9-12(13)17(18)19/h8-9H,3-7H2,1-2H3. The average Bonchev–Trinajstić information content (AvgIpc) is 2.46. The minimum absolute atomic E-state index is 0.0844. The predicted octanol–water partition coefficient (Wildman–Crippen LogP) is 2.51. The molecule has 0 aromatic heterocycles. The molecule has 0 amide bonds. The quantitative estimate of drug-likeness (QED) is 0.621. The molecule has 0 radical (unpaired) electrons. The molecule has 0 aliphatic carbocycles. The van der Waals surface area contributed by atoms with Crippen molar-refractivity contribution in [2.24, 2.45) is 0 Å². The first-order valence-electron chi connectivity index (χ1n) is 6.56. The molecule has 20 heavy (non-hydrogen) atoms. The van der Waals surface area contributed by atoms with Gasteiger partial charge in [0.25, 0.3) is 5.69 Å². The van der Waals surface area contributed by atoms with Gasteiger partial charge in [-0.25, -0.2) is 0 Å². The summed E-state index contributed by atoms with van der Waals surface area (Å²) in [6, 6.07) is 3.25. The van der Waals surface area contributed by atoms with E-state index in [0.717, 1.165) is 32.7 Å². The van der Waals surface area contributed by atoms with Crippen LogP contribution < -0.4 is 9.64 Å². The third-order valence-electron chi connectivity index (χ3n) is 3.58. The second kappa shape index (κ2) is 6.41. The van der Waals surface area contributed by atoms with Gasteiger partial charge in [-0.2, -0.15) is 0 Å². The molecule has 110 valence electrons. The minimum atomic E-state index is -0.352. The number of anilines is 1. The number of benzene rings is 1. The number of halogens is 1. The van der Waals surface area contributed by atoms with Crippen LogP contribution >= 0.6 is 15.9 Å². The van der Waals surface area contributed by atoms with Gasteiger partial charge in [0.1, 0.15) is 11.4 Å². The van der Waals surface area contributed by atoms with E-state index in [2.05, 4.69) is 32.7 Å². The van der Waals surface area contributed by atoms with E-state index in [-0.39, 0.29) is 10.6 Å². The van der Waals surface area contributed by atoms with Crippen LogP contribution in [0.25, 0.3) is 0 Å². The Balaban J connectivity index is 2.33. The van der Waals surface area contributed by atoms with Crippen molar-refractivity contribution in [3.8, 4) is 5.75 Å². The van der Waals surface area contributed by atoms with Crippen molar-refractivity contribution < 1.29 is 9.66 Å². The van der Waals surface area contributed by atoms with Gasteiger partial charge in [-0.1, -0.05) is 6.92 Å². The molecule has 0 bridgehead atoms. The molecule has 0 spiro atoms. The number of rotatable bonds is 4. The topological polar surface area (TPSA) is 58.8 Å². The van der Waals surface area contributed by atoms with Crippen LogP contribution in [0.1, 0.15) is 6.92 Å². The second-order valence-electron chi connectivity index (χ2n) is 4.66. The Morgan fingerprint density at radius 2 is 2.00 bits per heavy atom. The lowest BCUT2D eigenvalue weighted by molar-refractivity contribution is -0.384.